The van der Waals surface area contributed by atoms with Crippen molar-refractivity contribution in [2.75, 3.05) is 0 Å². The minimum Gasteiger partial charge on any atom is -0.258 e. The van der Waals surface area contributed by atoms with Crippen molar-refractivity contribution in [2.45, 2.75) is 11.3 Å². The van der Waals surface area contributed by atoms with Crippen molar-refractivity contribution in [2.24, 2.45) is 0 Å². The lowest BCUT2D eigenvalue weighted by atomic mass is 10.2. The Hall–Kier alpha value is -0.920. The average molecular weight is 192 g/mol. The van der Waals surface area contributed by atoms with Gasteiger partial charge in [-0.2, -0.15) is 5.26 Å². The van der Waals surface area contributed by atoms with E-state index in [1.165, 1.54) is 11.8 Å². The van der Waals surface area contributed by atoms with E-state index in [0.29, 0.717) is 5.56 Å². The fourth-order valence-electron chi connectivity index (χ4n) is 1.05. The Kier molecular flexibility index (Phi) is 1.83. The summed E-state index contributed by atoms with van der Waals surface area (Å²) in [6, 6.07) is 3.89. The minimum atomic E-state index is 0.603. The molecule has 0 aromatic carbocycles. The molecule has 0 atom stereocenters. The zero-order valence-electron chi connectivity index (χ0n) is 6.07. The lowest BCUT2D eigenvalue weighted by Gasteiger charge is -1.94. The van der Waals surface area contributed by atoms with Gasteiger partial charge in [-0.1, -0.05) is 24.0 Å². The molecule has 1 aliphatic rings. The maximum atomic E-state index is 8.60. The summed E-state index contributed by atoms with van der Waals surface area (Å²) in [7, 11) is 0. The molecule has 12 heavy (non-hydrogen) atoms. The molecule has 0 saturated heterocycles. The molecular formula is C8H4N2S2. The fourth-order valence-corrected chi connectivity index (χ4v) is 2.34. The van der Waals surface area contributed by atoms with Gasteiger partial charge >= 0.3 is 0 Å². The SMILES string of the molecule is N#Cc1cnc2c(c1)SC(=S)C2. The molecule has 1 aliphatic heterocycles. The quantitative estimate of drug-likeness (QED) is 0.588. The van der Waals surface area contributed by atoms with Crippen molar-refractivity contribution >= 4 is 28.2 Å². The van der Waals surface area contributed by atoms with Crippen LogP contribution in [0.1, 0.15) is 11.3 Å². The van der Waals surface area contributed by atoms with Crippen molar-refractivity contribution in [1.29, 1.82) is 5.26 Å². The predicted octanol–water partition coefficient (Wildman–Crippen LogP) is 1.93. The van der Waals surface area contributed by atoms with Crippen molar-refractivity contribution in [3.05, 3.63) is 23.5 Å². The van der Waals surface area contributed by atoms with Crippen LogP contribution in [0.25, 0.3) is 0 Å². The fraction of sp³-hybridized carbons (Fsp3) is 0.125. The molecule has 0 saturated carbocycles. The molecule has 2 nitrogen and oxygen atoms in total. The van der Waals surface area contributed by atoms with Crippen LogP contribution in [0, 0.1) is 11.3 Å². The van der Waals surface area contributed by atoms with E-state index in [2.05, 4.69) is 11.1 Å². The van der Waals surface area contributed by atoms with E-state index in [-0.39, 0.29) is 0 Å². The van der Waals surface area contributed by atoms with Crippen molar-refractivity contribution in [1.82, 2.24) is 4.98 Å². The molecule has 0 N–H and O–H groups in total. The first-order chi connectivity index (χ1) is 5.79. The van der Waals surface area contributed by atoms with Gasteiger partial charge in [0.25, 0.3) is 0 Å². The summed E-state index contributed by atoms with van der Waals surface area (Å²) in [6.07, 6.45) is 2.36. The van der Waals surface area contributed by atoms with Crippen LogP contribution in [0.2, 0.25) is 0 Å². The summed E-state index contributed by atoms with van der Waals surface area (Å²) < 4.78 is 0.938. The van der Waals surface area contributed by atoms with Crippen LogP contribution in [-0.4, -0.2) is 9.18 Å². The lowest BCUT2D eigenvalue weighted by molar-refractivity contribution is 1.08. The molecule has 0 unspecified atom stereocenters. The van der Waals surface area contributed by atoms with E-state index >= 15 is 0 Å². The van der Waals surface area contributed by atoms with E-state index < -0.39 is 0 Å². The Bertz CT molecular complexity index is 393. The summed E-state index contributed by atoms with van der Waals surface area (Å²) in [5, 5.41) is 8.60. The maximum absolute atomic E-state index is 8.60. The number of nitriles is 1. The van der Waals surface area contributed by atoms with Gasteiger partial charge in [-0.05, 0) is 6.07 Å². The third-order valence-corrected chi connectivity index (χ3v) is 2.93. The Labute approximate surface area is 79.6 Å². The first-order valence-electron chi connectivity index (χ1n) is 3.39. The van der Waals surface area contributed by atoms with Gasteiger partial charge in [-0.25, -0.2) is 0 Å². The van der Waals surface area contributed by atoms with Crippen molar-refractivity contribution in [3.63, 3.8) is 0 Å². The Morgan fingerprint density at radius 1 is 1.67 bits per heavy atom. The smallest absolute Gasteiger partial charge is 0.101 e. The number of fused-ring (bicyclic) bond motifs is 1. The molecule has 58 valence electrons. The summed E-state index contributed by atoms with van der Waals surface area (Å²) >= 11 is 6.58. The number of hydrogen-bond donors (Lipinski definition) is 0. The highest BCUT2D eigenvalue weighted by molar-refractivity contribution is 8.23. The van der Waals surface area contributed by atoms with Gasteiger partial charge in [-0.3, -0.25) is 4.98 Å². The van der Waals surface area contributed by atoms with Crippen molar-refractivity contribution < 1.29 is 0 Å². The van der Waals surface area contributed by atoms with Gasteiger partial charge in [0.1, 0.15) is 6.07 Å². The molecule has 0 fully saturated rings. The second-order valence-corrected chi connectivity index (χ2v) is 4.32. The second-order valence-electron chi connectivity index (χ2n) is 2.43. The summed E-state index contributed by atoms with van der Waals surface area (Å²) in [5.41, 5.74) is 1.61. The van der Waals surface area contributed by atoms with Crippen LogP contribution in [0.3, 0.4) is 0 Å². The molecule has 0 bridgehead atoms. The molecule has 1 aromatic rings. The number of rotatable bonds is 0. The van der Waals surface area contributed by atoms with Crippen LogP contribution >= 0.6 is 24.0 Å². The summed E-state index contributed by atoms with van der Waals surface area (Å²) in [6.45, 7) is 0. The number of aromatic nitrogens is 1. The minimum absolute atomic E-state index is 0.603. The van der Waals surface area contributed by atoms with E-state index in [9.17, 15) is 0 Å². The van der Waals surface area contributed by atoms with Gasteiger partial charge < -0.3 is 0 Å². The first kappa shape index (κ1) is 7.71. The largest absolute Gasteiger partial charge is 0.258 e. The van der Waals surface area contributed by atoms with Crippen LogP contribution in [0.5, 0.6) is 0 Å². The van der Waals surface area contributed by atoms with E-state index in [1.807, 2.05) is 6.07 Å². The van der Waals surface area contributed by atoms with Gasteiger partial charge in [0, 0.05) is 17.5 Å². The highest BCUT2D eigenvalue weighted by Crippen LogP contribution is 2.32. The van der Waals surface area contributed by atoms with Crippen LogP contribution in [0.4, 0.5) is 0 Å². The topological polar surface area (TPSA) is 36.7 Å². The molecule has 0 spiro atoms. The van der Waals surface area contributed by atoms with Crippen molar-refractivity contribution in [3.8, 4) is 6.07 Å². The monoisotopic (exact) mass is 192 g/mol. The number of thiocarbonyl (C=S) groups is 1. The zero-order chi connectivity index (χ0) is 8.55. The van der Waals surface area contributed by atoms with Gasteiger partial charge in [0.2, 0.25) is 0 Å². The van der Waals surface area contributed by atoms with Gasteiger partial charge in [-0.15, -0.1) is 0 Å². The molecule has 2 heterocycles. The normalized spacial score (nSPS) is 14.1. The third kappa shape index (κ3) is 1.22. The zero-order valence-corrected chi connectivity index (χ0v) is 7.71. The summed E-state index contributed by atoms with van der Waals surface area (Å²) in [4.78, 5) is 5.19. The molecule has 1 aromatic heterocycles. The third-order valence-electron chi connectivity index (χ3n) is 1.60. The number of hydrogen-bond acceptors (Lipinski definition) is 4. The van der Waals surface area contributed by atoms with Crippen LogP contribution in [0.15, 0.2) is 17.2 Å². The Morgan fingerprint density at radius 3 is 3.25 bits per heavy atom. The molecule has 0 aliphatic carbocycles. The second kappa shape index (κ2) is 2.85. The van der Waals surface area contributed by atoms with Crippen LogP contribution < -0.4 is 0 Å². The molecule has 0 amide bonds. The molecule has 4 heteroatoms. The van der Waals surface area contributed by atoms with Gasteiger partial charge in [0.15, 0.2) is 0 Å². The Morgan fingerprint density at radius 2 is 2.50 bits per heavy atom. The highest BCUT2D eigenvalue weighted by atomic mass is 32.2. The number of nitrogens with zero attached hydrogens (tertiary/aromatic N) is 2. The molecule has 2 rings (SSSR count). The molecular weight excluding hydrogens is 188 g/mol. The van der Waals surface area contributed by atoms with E-state index in [1.54, 1.807) is 6.20 Å². The predicted molar refractivity (Wildman–Crippen MR) is 51.1 cm³/mol. The molecule has 0 radical (unpaired) electrons. The highest BCUT2D eigenvalue weighted by Gasteiger charge is 2.17. The Balaban J connectivity index is 2.50. The standard InChI is InChI=1S/C8H4N2S2/c9-3-5-1-7-6(10-4-5)2-8(11)12-7/h1,4H,2H2. The maximum Gasteiger partial charge on any atom is 0.101 e. The number of thioether (sulfide) groups is 1. The average Bonchev–Trinajstić information content (AvgIpc) is 2.43. The van der Waals surface area contributed by atoms with Crippen LogP contribution in [-0.2, 0) is 6.42 Å². The van der Waals surface area contributed by atoms with E-state index in [0.717, 1.165) is 21.2 Å². The summed E-state index contributed by atoms with van der Waals surface area (Å²) in [5.74, 6) is 0. The van der Waals surface area contributed by atoms with E-state index in [4.69, 9.17) is 17.5 Å². The lowest BCUT2D eigenvalue weighted by Crippen LogP contribution is -1.89. The number of pyridine rings is 1. The first-order valence-corrected chi connectivity index (χ1v) is 4.62. The van der Waals surface area contributed by atoms with Gasteiger partial charge in [0.05, 0.1) is 15.5 Å².